The van der Waals surface area contributed by atoms with Crippen LogP contribution in [0.1, 0.15) is 51.1 Å². The first-order valence-electron chi connectivity index (χ1n) is 12.1. The summed E-state index contributed by atoms with van der Waals surface area (Å²) in [7, 11) is 0. The number of nitrogens with one attached hydrogen (secondary N) is 1. The summed E-state index contributed by atoms with van der Waals surface area (Å²) >= 11 is 6.09. The van der Waals surface area contributed by atoms with E-state index in [2.05, 4.69) is 15.1 Å². The van der Waals surface area contributed by atoms with E-state index < -0.39 is 5.82 Å². The van der Waals surface area contributed by atoms with E-state index in [4.69, 9.17) is 11.6 Å². The quantitative estimate of drug-likeness (QED) is 0.582. The van der Waals surface area contributed by atoms with E-state index in [1.54, 1.807) is 17.0 Å². The maximum atomic E-state index is 14.7. The topological polar surface area (TPSA) is 69.3 Å². The van der Waals surface area contributed by atoms with Crippen molar-refractivity contribution < 1.29 is 9.18 Å². The maximum absolute atomic E-state index is 14.7. The fraction of sp³-hybridized carbons (Fsp3) is 0.370. The van der Waals surface area contributed by atoms with Gasteiger partial charge in [-0.05, 0) is 66.6 Å². The van der Waals surface area contributed by atoms with Crippen LogP contribution in [-0.4, -0.2) is 52.1 Å². The predicted octanol–water partition coefficient (Wildman–Crippen LogP) is 3.99. The third kappa shape index (κ3) is 5.31. The van der Waals surface area contributed by atoms with Gasteiger partial charge in [0.05, 0.1) is 11.3 Å². The number of carbonyl (C=O) groups is 1. The van der Waals surface area contributed by atoms with E-state index in [0.717, 1.165) is 60.2 Å². The minimum atomic E-state index is -0.517. The SMILES string of the molecule is O=C(c1cc(Cc2n[nH]c(=O)c3c2CCCC3)ccc1F)N1CCN(Cc2cccc(Cl)c2)CC1. The van der Waals surface area contributed by atoms with Crippen molar-refractivity contribution in [2.45, 2.75) is 38.6 Å². The number of benzene rings is 2. The van der Waals surface area contributed by atoms with E-state index in [0.29, 0.717) is 37.6 Å². The van der Waals surface area contributed by atoms with Crippen molar-refractivity contribution in [1.29, 1.82) is 0 Å². The zero-order valence-corrected chi connectivity index (χ0v) is 20.3. The van der Waals surface area contributed by atoms with E-state index in [-0.39, 0.29) is 17.0 Å². The normalized spacial score (nSPS) is 16.2. The molecule has 2 aromatic carbocycles. The van der Waals surface area contributed by atoms with Crippen LogP contribution in [0.25, 0.3) is 0 Å². The van der Waals surface area contributed by atoms with Crippen LogP contribution in [0.4, 0.5) is 4.39 Å². The highest BCUT2D eigenvalue weighted by Gasteiger charge is 2.25. The third-order valence-electron chi connectivity index (χ3n) is 6.97. The molecule has 2 aliphatic rings. The van der Waals surface area contributed by atoms with Crippen molar-refractivity contribution in [3.63, 3.8) is 0 Å². The summed E-state index contributed by atoms with van der Waals surface area (Å²) in [6.45, 7) is 3.28. The molecule has 1 aliphatic carbocycles. The molecular weight excluding hydrogens is 467 g/mol. The second-order valence-corrected chi connectivity index (χ2v) is 9.79. The molecule has 3 aromatic rings. The predicted molar refractivity (Wildman–Crippen MR) is 133 cm³/mol. The Kier molecular flexibility index (Phi) is 6.97. The number of H-pyrrole nitrogens is 1. The van der Waals surface area contributed by atoms with Crippen LogP contribution in [0.5, 0.6) is 0 Å². The summed E-state index contributed by atoms with van der Waals surface area (Å²) in [5, 5.41) is 7.60. The Balaban J connectivity index is 1.27. The Bertz CT molecular complexity index is 1300. The molecule has 1 aliphatic heterocycles. The van der Waals surface area contributed by atoms with E-state index in [9.17, 15) is 14.0 Å². The number of amides is 1. The molecule has 8 heteroatoms. The van der Waals surface area contributed by atoms with Gasteiger partial charge in [-0.2, -0.15) is 5.10 Å². The Labute approximate surface area is 208 Å². The molecule has 0 radical (unpaired) electrons. The zero-order chi connectivity index (χ0) is 24.4. The number of nitrogens with zero attached hydrogens (tertiary/aromatic N) is 3. The summed E-state index contributed by atoms with van der Waals surface area (Å²) in [6, 6.07) is 12.5. The Morgan fingerprint density at radius 1 is 1.00 bits per heavy atom. The van der Waals surface area contributed by atoms with Gasteiger partial charge in [0.25, 0.3) is 11.5 Å². The molecule has 1 fully saturated rings. The summed E-state index contributed by atoms with van der Waals surface area (Å²) in [5.74, 6) is -0.806. The highest BCUT2D eigenvalue weighted by Crippen LogP contribution is 2.23. The number of fused-ring (bicyclic) bond motifs is 1. The number of rotatable bonds is 5. The van der Waals surface area contributed by atoms with Gasteiger partial charge in [0.1, 0.15) is 5.82 Å². The number of hydrogen-bond donors (Lipinski definition) is 1. The number of hydrogen-bond acceptors (Lipinski definition) is 4. The molecule has 1 amide bonds. The summed E-state index contributed by atoms with van der Waals surface area (Å²) < 4.78 is 14.7. The Hall–Kier alpha value is -3.03. The monoisotopic (exact) mass is 494 g/mol. The molecular formula is C27H28ClFN4O2. The Morgan fingerprint density at radius 3 is 2.54 bits per heavy atom. The largest absolute Gasteiger partial charge is 0.336 e. The first-order valence-corrected chi connectivity index (χ1v) is 12.5. The fourth-order valence-electron chi connectivity index (χ4n) is 5.09. The lowest BCUT2D eigenvalue weighted by molar-refractivity contribution is 0.0624. The molecule has 1 saturated heterocycles. The van der Waals surface area contributed by atoms with Gasteiger partial charge in [0, 0.05) is 49.7 Å². The number of aromatic amines is 1. The van der Waals surface area contributed by atoms with Crippen molar-refractivity contribution in [2.24, 2.45) is 0 Å². The van der Waals surface area contributed by atoms with E-state index in [1.165, 1.54) is 6.07 Å². The summed E-state index contributed by atoms with van der Waals surface area (Å²) in [6.07, 6.45) is 4.07. The van der Waals surface area contributed by atoms with Gasteiger partial charge in [0.2, 0.25) is 0 Å². The fourth-order valence-corrected chi connectivity index (χ4v) is 5.30. The molecule has 2 heterocycles. The second-order valence-electron chi connectivity index (χ2n) is 9.35. The van der Waals surface area contributed by atoms with Crippen LogP contribution in [0, 0.1) is 5.82 Å². The molecule has 0 saturated carbocycles. The summed E-state index contributed by atoms with van der Waals surface area (Å²) in [4.78, 5) is 29.3. The molecule has 5 rings (SSSR count). The Morgan fingerprint density at radius 2 is 1.77 bits per heavy atom. The van der Waals surface area contributed by atoms with Gasteiger partial charge in [0.15, 0.2) is 0 Å². The average Bonchev–Trinajstić information content (AvgIpc) is 2.87. The lowest BCUT2D eigenvalue weighted by Crippen LogP contribution is -2.48. The van der Waals surface area contributed by atoms with Crippen LogP contribution < -0.4 is 5.56 Å². The standard InChI is InChI=1S/C27H28ClFN4O2/c28-20-5-3-4-19(14-20)17-32-10-12-33(13-11-32)27(35)23-15-18(8-9-24(23)29)16-25-21-6-1-2-7-22(21)26(34)31-30-25/h3-5,8-9,14-15H,1-2,6-7,10-13,16-17H2,(H,31,34). The highest BCUT2D eigenvalue weighted by molar-refractivity contribution is 6.30. The molecule has 35 heavy (non-hydrogen) atoms. The smallest absolute Gasteiger partial charge is 0.267 e. The van der Waals surface area contributed by atoms with Crippen LogP contribution >= 0.6 is 11.6 Å². The number of aromatic nitrogens is 2. The first kappa shape index (κ1) is 23.7. The minimum Gasteiger partial charge on any atom is -0.336 e. The maximum Gasteiger partial charge on any atom is 0.267 e. The molecule has 1 aromatic heterocycles. The van der Waals surface area contributed by atoms with Crippen molar-refractivity contribution in [1.82, 2.24) is 20.0 Å². The van der Waals surface area contributed by atoms with Crippen molar-refractivity contribution >= 4 is 17.5 Å². The van der Waals surface area contributed by atoms with Gasteiger partial charge in [-0.25, -0.2) is 9.49 Å². The van der Waals surface area contributed by atoms with Crippen molar-refractivity contribution in [3.8, 4) is 0 Å². The summed E-state index contributed by atoms with van der Waals surface area (Å²) in [5.41, 5.74) is 4.54. The number of carbonyl (C=O) groups excluding carboxylic acids is 1. The van der Waals surface area contributed by atoms with Crippen LogP contribution in [0.15, 0.2) is 47.3 Å². The number of halogens is 2. The lowest BCUT2D eigenvalue weighted by Gasteiger charge is -2.35. The van der Waals surface area contributed by atoms with Crippen LogP contribution in [-0.2, 0) is 25.8 Å². The van der Waals surface area contributed by atoms with Gasteiger partial charge >= 0.3 is 0 Å². The average molecular weight is 495 g/mol. The molecule has 0 atom stereocenters. The van der Waals surface area contributed by atoms with E-state index >= 15 is 0 Å². The first-order chi connectivity index (χ1) is 17.0. The lowest BCUT2D eigenvalue weighted by atomic mass is 9.90. The van der Waals surface area contributed by atoms with Gasteiger partial charge < -0.3 is 4.90 Å². The van der Waals surface area contributed by atoms with Crippen molar-refractivity contribution in [2.75, 3.05) is 26.2 Å². The van der Waals surface area contributed by atoms with Gasteiger partial charge in [-0.1, -0.05) is 29.8 Å². The van der Waals surface area contributed by atoms with E-state index in [1.807, 2.05) is 24.3 Å². The second kappa shape index (κ2) is 10.3. The molecule has 1 N–H and O–H groups in total. The molecule has 6 nitrogen and oxygen atoms in total. The highest BCUT2D eigenvalue weighted by atomic mass is 35.5. The molecule has 0 spiro atoms. The molecule has 0 bridgehead atoms. The minimum absolute atomic E-state index is 0.0871. The van der Waals surface area contributed by atoms with Crippen molar-refractivity contribution in [3.05, 3.63) is 97.2 Å². The zero-order valence-electron chi connectivity index (χ0n) is 19.5. The van der Waals surface area contributed by atoms with Crippen LogP contribution in [0.3, 0.4) is 0 Å². The van der Waals surface area contributed by atoms with Crippen LogP contribution in [0.2, 0.25) is 5.02 Å². The van der Waals surface area contributed by atoms with Gasteiger partial charge in [-0.3, -0.25) is 14.5 Å². The molecule has 182 valence electrons. The number of piperazine rings is 1. The molecule has 0 unspecified atom stereocenters. The third-order valence-corrected chi connectivity index (χ3v) is 7.21. The van der Waals surface area contributed by atoms with Gasteiger partial charge in [-0.15, -0.1) is 0 Å².